The van der Waals surface area contributed by atoms with E-state index in [9.17, 15) is 8.42 Å². The van der Waals surface area contributed by atoms with Gasteiger partial charge in [-0.3, -0.25) is 0 Å². The van der Waals surface area contributed by atoms with E-state index in [4.69, 9.17) is 5.11 Å². The van der Waals surface area contributed by atoms with Crippen LogP contribution in [0.4, 0.5) is 0 Å². The predicted molar refractivity (Wildman–Crippen MR) is 81.7 cm³/mol. The highest BCUT2D eigenvalue weighted by Gasteiger charge is 2.34. The average molecular weight is 306 g/mol. The molecule has 0 bridgehead atoms. The normalized spacial score (nSPS) is 17.8. The van der Waals surface area contributed by atoms with Crippen LogP contribution in [-0.4, -0.2) is 54.9 Å². The Morgan fingerprint density at radius 1 is 1.20 bits per heavy atom. The van der Waals surface area contributed by atoms with Crippen molar-refractivity contribution >= 4 is 10.2 Å². The fraction of sp³-hybridized carbons (Fsp3) is 1.00. The lowest BCUT2D eigenvalue weighted by Crippen LogP contribution is -2.47. The molecule has 0 heterocycles. The molecule has 20 heavy (non-hydrogen) atoms. The number of hydrogen-bond acceptors (Lipinski definition) is 3. The quantitative estimate of drug-likeness (QED) is 0.707. The Hall–Kier alpha value is -0.170. The summed E-state index contributed by atoms with van der Waals surface area (Å²) in [6.45, 7) is 5.25. The van der Waals surface area contributed by atoms with Gasteiger partial charge in [0.15, 0.2) is 0 Å². The maximum absolute atomic E-state index is 12.7. The molecular formula is C14H30N2O3S. The van der Waals surface area contributed by atoms with Crippen LogP contribution in [0.15, 0.2) is 0 Å². The standard InChI is InChI=1S/C14H30N2O3S/c1-13(2)9-11-16(14-7-4-5-8-14)20(18,19)15(3)10-6-12-17/h13-14,17H,4-12H2,1-3H3. The number of nitrogens with zero attached hydrogens (tertiary/aromatic N) is 2. The zero-order chi connectivity index (χ0) is 15.2. The Morgan fingerprint density at radius 3 is 2.30 bits per heavy atom. The minimum absolute atomic E-state index is 0.0231. The highest BCUT2D eigenvalue weighted by atomic mass is 32.2. The summed E-state index contributed by atoms with van der Waals surface area (Å²) in [7, 11) is -1.78. The summed E-state index contributed by atoms with van der Waals surface area (Å²) >= 11 is 0. The molecule has 0 radical (unpaired) electrons. The summed E-state index contributed by atoms with van der Waals surface area (Å²) < 4.78 is 28.5. The molecule has 1 fully saturated rings. The van der Waals surface area contributed by atoms with Crippen molar-refractivity contribution in [3.63, 3.8) is 0 Å². The van der Waals surface area contributed by atoms with Gasteiger partial charge < -0.3 is 5.11 Å². The summed E-state index contributed by atoms with van der Waals surface area (Å²) in [5, 5.41) is 8.87. The van der Waals surface area contributed by atoms with Gasteiger partial charge in [-0.2, -0.15) is 17.0 Å². The predicted octanol–water partition coefficient (Wildman–Crippen LogP) is 1.84. The molecule has 5 nitrogen and oxygen atoms in total. The molecular weight excluding hydrogens is 276 g/mol. The van der Waals surface area contributed by atoms with Crippen LogP contribution in [0.5, 0.6) is 0 Å². The van der Waals surface area contributed by atoms with Gasteiger partial charge in [-0.15, -0.1) is 0 Å². The molecule has 1 N–H and O–H groups in total. The maximum atomic E-state index is 12.7. The first kappa shape index (κ1) is 17.9. The lowest BCUT2D eigenvalue weighted by Gasteiger charge is -2.32. The van der Waals surface area contributed by atoms with Crippen molar-refractivity contribution in [3.8, 4) is 0 Å². The number of hydrogen-bond donors (Lipinski definition) is 1. The van der Waals surface area contributed by atoms with Crippen molar-refractivity contribution in [1.82, 2.24) is 8.61 Å². The van der Waals surface area contributed by atoms with Crippen molar-refractivity contribution in [3.05, 3.63) is 0 Å². The van der Waals surface area contributed by atoms with E-state index in [2.05, 4.69) is 13.8 Å². The summed E-state index contributed by atoms with van der Waals surface area (Å²) in [5.41, 5.74) is 0. The second kappa shape index (κ2) is 8.32. The topological polar surface area (TPSA) is 60.9 Å². The Morgan fingerprint density at radius 2 is 1.80 bits per heavy atom. The minimum Gasteiger partial charge on any atom is -0.396 e. The zero-order valence-electron chi connectivity index (χ0n) is 13.1. The Kier molecular flexibility index (Phi) is 7.43. The largest absolute Gasteiger partial charge is 0.396 e. The van der Waals surface area contributed by atoms with E-state index < -0.39 is 10.2 Å². The SMILES string of the molecule is CC(C)CCN(C1CCCC1)S(=O)(=O)N(C)CCCO. The van der Waals surface area contributed by atoms with E-state index in [1.54, 1.807) is 11.4 Å². The highest BCUT2D eigenvalue weighted by Crippen LogP contribution is 2.27. The third kappa shape index (κ3) is 4.98. The van der Waals surface area contributed by atoms with Crippen LogP contribution in [-0.2, 0) is 10.2 Å². The molecule has 0 saturated heterocycles. The van der Waals surface area contributed by atoms with Crippen molar-refractivity contribution in [2.45, 2.75) is 58.4 Å². The fourth-order valence-electron chi connectivity index (χ4n) is 2.65. The van der Waals surface area contributed by atoms with Crippen LogP contribution in [0, 0.1) is 5.92 Å². The van der Waals surface area contributed by atoms with E-state index in [1.807, 2.05) is 0 Å². The summed E-state index contributed by atoms with van der Waals surface area (Å²) in [4.78, 5) is 0. The molecule has 0 aliphatic heterocycles. The van der Waals surface area contributed by atoms with E-state index >= 15 is 0 Å². The molecule has 0 aromatic rings. The lowest BCUT2D eigenvalue weighted by molar-refractivity contribution is 0.258. The molecule has 1 rings (SSSR count). The van der Waals surface area contributed by atoms with Gasteiger partial charge in [0.25, 0.3) is 10.2 Å². The molecule has 0 aromatic heterocycles. The second-order valence-corrected chi connectivity index (χ2v) is 8.13. The van der Waals surface area contributed by atoms with Gasteiger partial charge in [-0.1, -0.05) is 26.7 Å². The number of aliphatic hydroxyl groups excluding tert-OH is 1. The van der Waals surface area contributed by atoms with Gasteiger partial charge in [-0.05, 0) is 31.6 Å². The monoisotopic (exact) mass is 306 g/mol. The fourth-order valence-corrected chi connectivity index (χ4v) is 4.29. The zero-order valence-corrected chi connectivity index (χ0v) is 13.9. The molecule has 1 aliphatic carbocycles. The molecule has 120 valence electrons. The van der Waals surface area contributed by atoms with E-state index in [1.165, 1.54) is 4.31 Å². The summed E-state index contributed by atoms with van der Waals surface area (Å²) in [6, 6.07) is 0.162. The maximum Gasteiger partial charge on any atom is 0.281 e. The summed E-state index contributed by atoms with van der Waals surface area (Å²) in [6.07, 6.45) is 5.58. The molecule has 1 saturated carbocycles. The molecule has 0 atom stereocenters. The number of aliphatic hydroxyl groups is 1. The van der Waals surface area contributed by atoms with Crippen molar-refractivity contribution < 1.29 is 13.5 Å². The average Bonchev–Trinajstić information content (AvgIpc) is 2.89. The van der Waals surface area contributed by atoms with Crippen LogP contribution in [0.1, 0.15) is 52.4 Å². The van der Waals surface area contributed by atoms with Crippen molar-refractivity contribution in [1.29, 1.82) is 0 Å². The Bertz CT molecular complexity index is 365. The van der Waals surface area contributed by atoms with Crippen LogP contribution in [0.3, 0.4) is 0 Å². The minimum atomic E-state index is -3.40. The van der Waals surface area contributed by atoms with E-state index in [0.717, 1.165) is 32.1 Å². The molecule has 0 spiro atoms. The second-order valence-electron chi connectivity index (χ2n) is 6.14. The summed E-state index contributed by atoms with van der Waals surface area (Å²) in [5.74, 6) is 0.497. The molecule has 0 unspecified atom stereocenters. The molecule has 6 heteroatoms. The third-order valence-corrected chi connectivity index (χ3v) is 6.02. The highest BCUT2D eigenvalue weighted by molar-refractivity contribution is 7.86. The first-order valence-corrected chi connectivity index (χ1v) is 9.13. The third-order valence-electron chi connectivity index (χ3n) is 3.98. The van der Waals surface area contributed by atoms with Gasteiger partial charge in [0, 0.05) is 32.8 Å². The first-order chi connectivity index (χ1) is 9.39. The molecule has 0 amide bonds. The molecule has 0 aromatic carbocycles. The van der Waals surface area contributed by atoms with Crippen LogP contribution in [0.25, 0.3) is 0 Å². The van der Waals surface area contributed by atoms with Gasteiger partial charge in [0.05, 0.1) is 0 Å². The van der Waals surface area contributed by atoms with Gasteiger partial charge in [0.2, 0.25) is 0 Å². The lowest BCUT2D eigenvalue weighted by atomic mass is 10.1. The smallest absolute Gasteiger partial charge is 0.281 e. The van der Waals surface area contributed by atoms with E-state index in [-0.39, 0.29) is 12.6 Å². The number of rotatable bonds is 9. The van der Waals surface area contributed by atoms with Gasteiger partial charge >= 0.3 is 0 Å². The van der Waals surface area contributed by atoms with Crippen LogP contribution >= 0.6 is 0 Å². The first-order valence-electron chi connectivity index (χ1n) is 7.73. The van der Waals surface area contributed by atoms with Gasteiger partial charge in [0.1, 0.15) is 0 Å². The van der Waals surface area contributed by atoms with Crippen molar-refractivity contribution in [2.24, 2.45) is 5.92 Å². The van der Waals surface area contributed by atoms with Crippen LogP contribution < -0.4 is 0 Å². The molecule has 1 aliphatic rings. The van der Waals surface area contributed by atoms with Crippen LogP contribution in [0.2, 0.25) is 0 Å². The van der Waals surface area contributed by atoms with E-state index in [0.29, 0.717) is 25.4 Å². The Balaban J connectivity index is 2.78. The van der Waals surface area contributed by atoms with Gasteiger partial charge in [-0.25, -0.2) is 0 Å². The van der Waals surface area contributed by atoms with Crippen molar-refractivity contribution in [2.75, 3.05) is 26.7 Å². The Labute approximate surface area is 124 Å².